The summed E-state index contributed by atoms with van der Waals surface area (Å²) in [4.78, 5) is 4.21. The van der Waals surface area contributed by atoms with Gasteiger partial charge in [0.2, 0.25) is 18.2 Å². The number of halogens is 4. The van der Waals surface area contributed by atoms with Crippen molar-refractivity contribution in [3.05, 3.63) is 77.9 Å². The molecule has 0 spiro atoms. The van der Waals surface area contributed by atoms with E-state index in [1.54, 1.807) is 24.3 Å². The van der Waals surface area contributed by atoms with Gasteiger partial charge in [0.25, 0.3) is 0 Å². The normalized spacial score (nSPS) is 11.9. The molecule has 166 valence electrons. The Balaban J connectivity index is 1.64. The Morgan fingerprint density at radius 2 is 1.73 bits per heavy atom. The second-order valence-corrected chi connectivity index (χ2v) is 7.18. The zero-order valence-electron chi connectivity index (χ0n) is 16.6. The van der Waals surface area contributed by atoms with E-state index in [0.29, 0.717) is 22.3 Å². The number of oxazole rings is 1. The van der Waals surface area contributed by atoms with Gasteiger partial charge in [0, 0.05) is 11.1 Å². The summed E-state index contributed by atoms with van der Waals surface area (Å²) in [5.74, 6) is -0.418. The van der Waals surface area contributed by atoms with E-state index in [9.17, 15) is 22.7 Å². The largest absolute Gasteiger partial charge is 0.435 e. The molecule has 0 saturated carbocycles. The molecule has 0 unspecified atom stereocenters. The van der Waals surface area contributed by atoms with Gasteiger partial charge in [-0.25, -0.2) is 9.37 Å². The van der Waals surface area contributed by atoms with E-state index >= 15 is 0 Å². The molecule has 2 heterocycles. The molecule has 5 rings (SSSR count). The van der Waals surface area contributed by atoms with Crippen LogP contribution in [-0.4, -0.2) is 20.3 Å². The number of alkyl halides is 3. The lowest BCUT2D eigenvalue weighted by atomic mass is 9.98. The highest BCUT2D eigenvalue weighted by Crippen LogP contribution is 2.39. The molecule has 2 aromatic heterocycles. The summed E-state index contributed by atoms with van der Waals surface area (Å²) in [6.07, 6.45) is -3.56. The maximum atomic E-state index is 13.9. The first-order chi connectivity index (χ1) is 15.8. The van der Waals surface area contributed by atoms with Crippen molar-refractivity contribution in [2.45, 2.75) is 12.8 Å². The van der Waals surface area contributed by atoms with Crippen LogP contribution in [0.4, 0.5) is 17.6 Å². The number of nitrogens with zero attached hydrogens (tertiary/aromatic N) is 3. The molecule has 1 N–H and O–H groups in total. The van der Waals surface area contributed by atoms with Crippen LogP contribution < -0.4 is 0 Å². The van der Waals surface area contributed by atoms with Crippen LogP contribution in [0, 0.1) is 5.82 Å². The first-order valence-electron chi connectivity index (χ1n) is 9.62. The Morgan fingerprint density at radius 1 is 0.909 bits per heavy atom. The highest BCUT2D eigenvalue weighted by atomic mass is 19.4. The Kier molecular flexibility index (Phi) is 4.94. The smallest absolute Gasteiger partial charge is 0.420 e. The highest BCUT2D eigenvalue weighted by Gasteiger charge is 2.35. The molecular formula is C23H13F4N3O3. The summed E-state index contributed by atoms with van der Waals surface area (Å²) < 4.78 is 65.2. The maximum absolute atomic E-state index is 13.9. The van der Waals surface area contributed by atoms with Crippen molar-refractivity contribution in [3.8, 4) is 34.0 Å². The van der Waals surface area contributed by atoms with E-state index in [-0.39, 0.29) is 22.9 Å². The standard InChI is InChI=1S/C23H13F4N3O3/c24-15-4-5-16(17(9-15)22-30-28-11-32-22)13-2-1-3-14(8-13)21-29-19-7-12(10-31)6-18(20(19)33-21)23(25,26)27/h1-9,11,31H,10H2. The number of hydrogen-bond acceptors (Lipinski definition) is 6. The fourth-order valence-corrected chi connectivity index (χ4v) is 3.57. The van der Waals surface area contributed by atoms with E-state index in [2.05, 4.69) is 15.2 Å². The molecule has 3 aromatic carbocycles. The lowest BCUT2D eigenvalue weighted by Gasteiger charge is -2.08. The SMILES string of the molecule is OCc1cc(C(F)(F)F)c2oc(-c3cccc(-c4ccc(F)cc4-c4nnco4)c3)nc2c1. The van der Waals surface area contributed by atoms with E-state index < -0.39 is 29.7 Å². The van der Waals surface area contributed by atoms with Crippen molar-refractivity contribution in [3.63, 3.8) is 0 Å². The van der Waals surface area contributed by atoms with E-state index in [4.69, 9.17) is 8.83 Å². The zero-order valence-corrected chi connectivity index (χ0v) is 16.6. The molecule has 0 radical (unpaired) electrons. The van der Waals surface area contributed by atoms with Gasteiger partial charge in [-0.2, -0.15) is 13.2 Å². The van der Waals surface area contributed by atoms with Gasteiger partial charge in [0.05, 0.1) is 6.61 Å². The third kappa shape index (κ3) is 3.85. The van der Waals surface area contributed by atoms with Crippen LogP contribution >= 0.6 is 0 Å². The van der Waals surface area contributed by atoms with Crippen molar-refractivity contribution in [2.24, 2.45) is 0 Å². The van der Waals surface area contributed by atoms with Crippen LogP contribution in [-0.2, 0) is 12.8 Å². The minimum Gasteiger partial charge on any atom is -0.435 e. The van der Waals surface area contributed by atoms with Crippen LogP contribution in [0.15, 0.2) is 69.8 Å². The maximum Gasteiger partial charge on any atom is 0.420 e. The summed E-state index contributed by atoms with van der Waals surface area (Å²) >= 11 is 0. The lowest BCUT2D eigenvalue weighted by Crippen LogP contribution is -2.06. The second-order valence-electron chi connectivity index (χ2n) is 7.18. The van der Waals surface area contributed by atoms with E-state index in [1.165, 1.54) is 24.3 Å². The fourth-order valence-electron chi connectivity index (χ4n) is 3.57. The van der Waals surface area contributed by atoms with Gasteiger partial charge in [0.15, 0.2) is 5.58 Å². The molecule has 0 fully saturated rings. The zero-order chi connectivity index (χ0) is 23.2. The average Bonchev–Trinajstić information content (AvgIpc) is 3.48. The Bertz CT molecular complexity index is 1460. The summed E-state index contributed by atoms with van der Waals surface area (Å²) in [6.45, 7) is -0.570. The Morgan fingerprint density at radius 3 is 2.45 bits per heavy atom. The van der Waals surface area contributed by atoms with Crippen molar-refractivity contribution in [2.75, 3.05) is 0 Å². The molecule has 6 nitrogen and oxygen atoms in total. The van der Waals surface area contributed by atoms with Gasteiger partial charge in [-0.1, -0.05) is 18.2 Å². The van der Waals surface area contributed by atoms with E-state index in [1.807, 2.05) is 0 Å². The summed E-state index contributed by atoms with van der Waals surface area (Å²) in [6, 6.07) is 12.9. The molecule has 0 saturated heterocycles. The average molecular weight is 455 g/mol. The third-order valence-electron chi connectivity index (χ3n) is 5.03. The van der Waals surface area contributed by atoms with Crippen molar-refractivity contribution >= 4 is 11.1 Å². The minimum absolute atomic E-state index is 0.0254. The summed E-state index contributed by atoms with van der Waals surface area (Å²) in [7, 11) is 0. The monoisotopic (exact) mass is 455 g/mol. The molecular weight excluding hydrogens is 442 g/mol. The topological polar surface area (TPSA) is 85.2 Å². The van der Waals surface area contributed by atoms with Gasteiger partial charge in [-0.15, -0.1) is 10.2 Å². The number of benzene rings is 3. The van der Waals surface area contributed by atoms with Crippen molar-refractivity contribution < 1.29 is 31.5 Å². The number of hydrogen-bond donors (Lipinski definition) is 1. The van der Waals surface area contributed by atoms with Gasteiger partial charge >= 0.3 is 6.18 Å². The first-order valence-corrected chi connectivity index (χ1v) is 9.62. The second kappa shape index (κ2) is 7.82. The Labute approximate surface area is 183 Å². The molecule has 0 aliphatic rings. The summed E-state index contributed by atoms with van der Waals surface area (Å²) in [5, 5.41) is 16.8. The number of aliphatic hydroxyl groups excluding tert-OH is 1. The summed E-state index contributed by atoms with van der Waals surface area (Å²) in [5.41, 5.74) is 0.538. The predicted molar refractivity (Wildman–Crippen MR) is 109 cm³/mol. The van der Waals surface area contributed by atoms with Crippen molar-refractivity contribution in [1.82, 2.24) is 15.2 Å². The first kappa shape index (κ1) is 20.8. The molecule has 0 aliphatic heterocycles. The molecule has 5 aromatic rings. The van der Waals surface area contributed by atoms with Gasteiger partial charge in [-0.3, -0.25) is 0 Å². The van der Waals surface area contributed by atoms with Gasteiger partial charge in [-0.05, 0) is 53.1 Å². The lowest BCUT2D eigenvalue weighted by molar-refractivity contribution is -0.136. The third-order valence-corrected chi connectivity index (χ3v) is 5.03. The molecule has 0 aliphatic carbocycles. The van der Waals surface area contributed by atoms with Gasteiger partial charge < -0.3 is 13.9 Å². The molecule has 10 heteroatoms. The highest BCUT2D eigenvalue weighted by molar-refractivity contribution is 5.84. The number of aliphatic hydroxyl groups is 1. The molecule has 0 atom stereocenters. The number of aromatic nitrogens is 3. The molecule has 33 heavy (non-hydrogen) atoms. The van der Waals surface area contributed by atoms with Gasteiger partial charge in [0.1, 0.15) is 16.9 Å². The van der Waals surface area contributed by atoms with Crippen LogP contribution in [0.2, 0.25) is 0 Å². The van der Waals surface area contributed by atoms with Crippen molar-refractivity contribution in [1.29, 1.82) is 0 Å². The molecule has 0 bridgehead atoms. The number of rotatable bonds is 4. The number of fused-ring (bicyclic) bond motifs is 1. The van der Waals surface area contributed by atoms with Crippen LogP contribution in [0.5, 0.6) is 0 Å². The van der Waals surface area contributed by atoms with Crippen LogP contribution in [0.1, 0.15) is 11.1 Å². The molecule has 0 amide bonds. The fraction of sp³-hybridized carbons (Fsp3) is 0.0870. The van der Waals surface area contributed by atoms with Crippen LogP contribution in [0.25, 0.3) is 45.1 Å². The van der Waals surface area contributed by atoms with Crippen LogP contribution in [0.3, 0.4) is 0 Å². The quantitative estimate of drug-likeness (QED) is 0.342. The Hall–Kier alpha value is -4.05. The minimum atomic E-state index is -4.69. The predicted octanol–water partition coefficient (Wildman–Crippen LogP) is 5.86. The van der Waals surface area contributed by atoms with E-state index in [0.717, 1.165) is 12.5 Å².